The third-order valence-electron chi connectivity index (χ3n) is 0.985. The average Bonchev–Trinajstić information content (AvgIpc) is 2.36. The predicted octanol–water partition coefficient (Wildman–Crippen LogP) is 0.722. The highest BCUT2D eigenvalue weighted by Crippen LogP contribution is 2.20. The molecule has 1 atom stereocenters. The van der Waals surface area contributed by atoms with Crippen molar-refractivity contribution in [1.29, 1.82) is 0 Å². The Kier molecular flexibility index (Phi) is 3.02. The first-order valence-corrected chi connectivity index (χ1v) is 4.32. The summed E-state index contributed by atoms with van der Waals surface area (Å²) >= 11 is 6.64. The number of hydrogen-bond donors (Lipinski definition) is 1. The van der Waals surface area contributed by atoms with Gasteiger partial charge in [0, 0.05) is 0 Å². The van der Waals surface area contributed by atoms with Gasteiger partial charge in [-0.2, -0.15) is 5.10 Å². The monoisotopic (exact) mass is 194 g/mol. The number of carbonyl (C=O) groups excluding carboxylic acids is 1. The van der Waals surface area contributed by atoms with Gasteiger partial charge in [0.15, 0.2) is 9.88 Å². The van der Waals surface area contributed by atoms with Gasteiger partial charge in [-0.25, -0.2) is 4.79 Å². The molecular weight excluding hydrogens is 188 g/mol. The molecule has 0 saturated carbocycles. The van der Waals surface area contributed by atoms with E-state index in [1.54, 1.807) is 6.92 Å². The number of esters is 1. The zero-order valence-corrected chi connectivity index (χ0v) is 7.41. The number of nitrogens with zero attached hydrogens (tertiary/aromatic N) is 1. The van der Waals surface area contributed by atoms with Gasteiger partial charge >= 0.3 is 5.97 Å². The molecule has 1 aliphatic rings. The molecule has 0 amide bonds. The average molecular weight is 195 g/mol. The molecule has 1 N–H and O–H groups in total. The quantitative estimate of drug-likeness (QED) is 0.659. The first-order chi connectivity index (χ1) is 5.24. The topological polar surface area (TPSA) is 50.7 Å². The van der Waals surface area contributed by atoms with E-state index in [-0.39, 0.29) is 5.97 Å². The second-order valence-corrected chi connectivity index (χ2v) is 3.42. The molecule has 0 aromatic heterocycles. The smallest absolute Gasteiger partial charge is 0.341 e. The van der Waals surface area contributed by atoms with Crippen molar-refractivity contribution in [2.45, 2.75) is 12.3 Å². The van der Waals surface area contributed by atoms with Crippen LogP contribution in [0.3, 0.4) is 0 Å². The van der Waals surface area contributed by atoms with E-state index >= 15 is 0 Å². The first kappa shape index (κ1) is 8.67. The summed E-state index contributed by atoms with van der Waals surface area (Å²) < 4.78 is 5.06. The van der Waals surface area contributed by atoms with Crippen LogP contribution >= 0.6 is 23.4 Å². The molecule has 1 rings (SSSR count). The number of carbonyl (C=O) groups is 1. The zero-order chi connectivity index (χ0) is 8.27. The molecule has 0 fully saturated rings. The number of ether oxygens (including phenoxy) is 1. The normalized spacial score (nSPS) is 22.4. The van der Waals surface area contributed by atoms with Gasteiger partial charge in [0.1, 0.15) is 0 Å². The van der Waals surface area contributed by atoms with Crippen LogP contribution in [-0.4, -0.2) is 22.5 Å². The lowest BCUT2D eigenvalue weighted by atomic mass is 10.6. The largest absolute Gasteiger partial charge is 0.464 e. The second-order valence-electron chi connectivity index (χ2n) is 1.74. The van der Waals surface area contributed by atoms with E-state index < -0.39 is 5.37 Å². The minimum Gasteiger partial charge on any atom is -0.464 e. The molecule has 1 unspecified atom stereocenters. The Balaban J connectivity index is 2.34. The van der Waals surface area contributed by atoms with Crippen molar-refractivity contribution in [3.63, 3.8) is 0 Å². The van der Waals surface area contributed by atoms with Crippen LogP contribution in [0.25, 0.3) is 0 Å². The minimum absolute atomic E-state index is 0.336. The number of thioether (sulfide) groups is 1. The fourth-order valence-corrected chi connectivity index (χ4v) is 1.46. The first-order valence-electron chi connectivity index (χ1n) is 3.06. The van der Waals surface area contributed by atoms with Crippen molar-refractivity contribution in [3.8, 4) is 0 Å². The van der Waals surface area contributed by atoms with Crippen LogP contribution in [0.2, 0.25) is 0 Å². The van der Waals surface area contributed by atoms with Crippen molar-refractivity contribution in [1.82, 2.24) is 5.43 Å². The molecule has 0 spiro atoms. The summed E-state index contributed by atoms with van der Waals surface area (Å²) in [6, 6.07) is 0. The molecule has 1 aliphatic heterocycles. The Morgan fingerprint density at radius 2 is 2.73 bits per heavy atom. The van der Waals surface area contributed by atoms with E-state index in [9.17, 15) is 4.79 Å². The molecule has 0 saturated heterocycles. The van der Waals surface area contributed by atoms with E-state index in [0.29, 0.717) is 11.1 Å². The van der Waals surface area contributed by atoms with Gasteiger partial charge in [-0.3, -0.25) is 5.43 Å². The standard InChI is InChI=1S/C5H7ClN2O2S/c1-2-10-4(9)3-7-8-5(6)11-3/h3,7H,2H2,1H3. The third kappa shape index (κ3) is 2.27. The summed E-state index contributed by atoms with van der Waals surface area (Å²) in [6.45, 7) is 2.12. The second kappa shape index (κ2) is 3.82. The molecule has 4 nitrogen and oxygen atoms in total. The van der Waals surface area contributed by atoms with Crippen LogP contribution in [0.1, 0.15) is 6.92 Å². The highest BCUT2D eigenvalue weighted by molar-refractivity contribution is 8.18. The summed E-state index contributed by atoms with van der Waals surface area (Å²) in [4.78, 5) is 11.0. The number of rotatable bonds is 2. The Hall–Kier alpha value is -0.420. The zero-order valence-electron chi connectivity index (χ0n) is 5.83. The van der Waals surface area contributed by atoms with Gasteiger partial charge in [0.25, 0.3) is 0 Å². The molecule has 0 aromatic carbocycles. The molecule has 0 aromatic rings. The number of halogens is 1. The van der Waals surface area contributed by atoms with Crippen molar-refractivity contribution in [3.05, 3.63) is 0 Å². The minimum atomic E-state index is -0.470. The van der Waals surface area contributed by atoms with Crippen LogP contribution in [0.4, 0.5) is 0 Å². The lowest BCUT2D eigenvalue weighted by molar-refractivity contribution is -0.142. The lowest BCUT2D eigenvalue weighted by Crippen LogP contribution is -2.28. The Morgan fingerprint density at radius 3 is 3.18 bits per heavy atom. The third-order valence-corrected chi connectivity index (χ3v) is 2.16. The van der Waals surface area contributed by atoms with Gasteiger partial charge in [-0.1, -0.05) is 23.4 Å². The van der Waals surface area contributed by atoms with Gasteiger partial charge in [-0.15, -0.1) is 0 Å². The molecule has 11 heavy (non-hydrogen) atoms. The maximum atomic E-state index is 11.0. The number of nitrogens with one attached hydrogen (secondary N) is 1. The van der Waals surface area contributed by atoms with Crippen LogP contribution < -0.4 is 5.43 Å². The maximum absolute atomic E-state index is 11.0. The van der Waals surface area contributed by atoms with Gasteiger partial charge in [0.05, 0.1) is 6.61 Å². The van der Waals surface area contributed by atoms with Gasteiger partial charge in [-0.05, 0) is 6.92 Å². The highest BCUT2D eigenvalue weighted by atomic mass is 35.5. The van der Waals surface area contributed by atoms with Crippen molar-refractivity contribution in [2.24, 2.45) is 5.10 Å². The molecule has 0 aliphatic carbocycles. The van der Waals surface area contributed by atoms with Crippen LogP contribution in [0, 0.1) is 0 Å². The fraction of sp³-hybridized carbons (Fsp3) is 0.600. The predicted molar refractivity (Wildman–Crippen MR) is 44.4 cm³/mol. The van der Waals surface area contributed by atoms with E-state index in [1.807, 2.05) is 0 Å². The van der Waals surface area contributed by atoms with E-state index in [4.69, 9.17) is 16.3 Å². The molecular formula is C5H7ClN2O2S. The Bertz CT molecular complexity index is 197. The van der Waals surface area contributed by atoms with E-state index in [2.05, 4.69) is 10.5 Å². The van der Waals surface area contributed by atoms with E-state index in [0.717, 1.165) is 11.8 Å². The summed E-state index contributed by atoms with van der Waals surface area (Å²) in [5.41, 5.74) is 2.54. The van der Waals surface area contributed by atoms with Crippen LogP contribution in [0.15, 0.2) is 5.10 Å². The van der Waals surface area contributed by atoms with Crippen molar-refractivity contribution in [2.75, 3.05) is 6.61 Å². The highest BCUT2D eigenvalue weighted by Gasteiger charge is 2.26. The Morgan fingerprint density at radius 1 is 2.00 bits per heavy atom. The number of hydrogen-bond acceptors (Lipinski definition) is 5. The maximum Gasteiger partial charge on any atom is 0.341 e. The fourth-order valence-electron chi connectivity index (χ4n) is 0.578. The van der Waals surface area contributed by atoms with Crippen LogP contribution in [-0.2, 0) is 9.53 Å². The van der Waals surface area contributed by atoms with Crippen molar-refractivity contribution >= 4 is 33.8 Å². The molecule has 0 radical (unpaired) electrons. The lowest BCUT2D eigenvalue weighted by Gasteiger charge is -2.06. The summed E-state index contributed by atoms with van der Waals surface area (Å²) in [5.74, 6) is -0.336. The van der Waals surface area contributed by atoms with E-state index in [1.165, 1.54) is 0 Å². The molecule has 0 bridgehead atoms. The number of hydrazone groups is 1. The van der Waals surface area contributed by atoms with Crippen LogP contribution in [0.5, 0.6) is 0 Å². The molecule has 1 heterocycles. The summed E-state index contributed by atoms with van der Waals surface area (Å²) in [5, 5.41) is 3.15. The Labute approximate surface area is 73.3 Å². The molecule has 62 valence electrons. The van der Waals surface area contributed by atoms with Gasteiger partial charge < -0.3 is 4.74 Å². The SMILES string of the molecule is CCOC(=O)C1NN=C(Cl)S1. The van der Waals surface area contributed by atoms with Crippen molar-refractivity contribution < 1.29 is 9.53 Å². The summed E-state index contributed by atoms with van der Waals surface area (Å²) in [6.07, 6.45) is 0. The molecule has 6 heteroatoms. The van der Waals surface area contributed by atoms with Gasteiger partial charge in [0.2, 0.25) is 0 Å². The summed E-state index contributed by atoms with van der Waals surface area (Å²) in [7, 11) is 0.